The highest BCUT2D eigenvalue weighted by atomic mass is 16.7. The van der Waals surface area contributed by atoms with Crippen molar-refractivity contribution in [3.63, 3.8) is 0 Å². The minimum atomic E-state index is -1.78. The third kappa shape index (κ3) is 5.99. The summed E-state index contributed by atoms with van der Waals surface area (Å²) in [7, 11) is 0. The van der Waals surface area contributed by atoms with Gasteiger partial charge in [0.05, 0.1) is 18.3 Å². The molecular weight excluding hydrogens is 548 g/mol. The number of hydrogen-bond donors (Lipinski definition) is 3. The first-order valence-electron chi connectivity index (χ1n) is 15.9. The molecule has 238 valence electrons. The Morgan fingerprint density at radius 3 is 2.56 bits per heavy atom. The molecule has 1 aliphatic carbocycles. The largest absolute Gasteiger partial charge is 0.462 e. The standard InChI is InChI=1S/C35H50O8/c1-8-21(4)31-23(6)16-29(36)34(43-31)18-26-17-25(42-34)13-12-20(3)14-19(2)10-9-11-27-24(7)40-32-30(37)22(5)15-28(33(38)41-26)35(27,32)39/h8-12,15,19,23-26,28-32,36-37,39H,13-14,16-18H2,1-7H3. The molecule has 12 atom stereocenters. The summed E-state index contributed by atoms with van der Waals surface area (Å²) in [5.74, 6) is -2.69. The van der Waals surface area contributed by atoms with Crippen LogP contribution in [0.4, 0.5) is 0 Å². The second-order valence-corrected chi connectivity index (χ2v) is 13.7. The predicted molar refractivity (Wildman–Crippen MR) is 163 cm³/mol. The summed E-state index contributed by atoms with van der Waals surface area (Å²) < 4.78 is 25.6. The molecule has 0 aromatic carbocycles. The molecule has 0 amide bonds. The van der Waals surface area contributed by atoms with Crippen LogP contribution in [0.1, 0.15) is 80.6 Å². The van der Waals surface area contributed by atoms with Crippen molar-refractivity contribution < 1.29 is 39.1 Å². The summed E-state index contributed by atoms with van der Waals surface area (Å²) in [6.45, 7) is 13.9. The first kappa shape index (κ1) is 32.3. The van der Waals surface area contributed by atoms with E-state index in [0.29, 0.717) is 30.4 Å². The maximum absolute atomic E-state index is 14.1. The maximum Gasteiger partial charge on any atom is 0.316 e. The highest BCUT2D eigenvalue weighted by Gasteiger charge is 2.62. The Morgan fingerprint density at radius 1 is 1.09 bits per heavy atom. The zero-order valence-electron chi connectivity index (χ0n) is 26.7. The molecule has 8 nitrogen and oxygen atoms in total. The molecule has 0 aromatic rings. The monoisotopic (exact) mass is 598 g/mol. The number of allylic oxidation sites excluding steroid dienone is 5. The van der Waals surface area contributed by atoms with E-state index in [2.05, 4.69) is 32.9 Å². The highest BCUT2D eigenvalue weighted by molar-refractivity contribution is 5.78. The van der Waals surface area contributed by atoms with Crippen molar-refractivity contribution in [2.75, 3.05) is 0 Å². The van der Waals surface area contributed by atoms with Gasteiger partial charge in [-0.1, -0.05) is 55.9 Å². The molecule has 4 heterocycles. The number of esters is 1. The van der Waals surface area contributed by atoms with E-state index in [1.165, 1.54) is 5.57 Å². The number of aliphatic hydroxyl groups is 3. The van der Waals surface area contributed by atoms with Crippen LogP contribution in [-0.4, -0.2) is 75.4 Å². The topological polar surface area (TPSA) is 115 Å². The van der Waals surface area contributed by atoms with E-state index in [9.17, 15) is 20.1 Å². The van der Waals surface area contributed by atoms with Crippen LogP contribution in [0.5, 0.6) is 0 Å². The van der Waals surface area contributed by atoms with Gasteiger partial charge in [0, 0.05) is 12.8 Å². The van der Waals surface area contributed by atoms with Crippen molar-refractivity contribution in [1.82, 2.24) is 0 Å². The van der Waals surface area contributed by atoms with E-state index in [0.717, 1.165) is 12.0 Å². The molecule has 12 unspecified atom stereocenters. The highest BCUT2D eigenvalue weighted by Crippen LogP contribution is 2.49. The van der Waals surface area contributed by atoms with Gasteiger partial charge in [-0.2, -0.15) is 0 Å². The summed E-state index contributed by atoms with van der Waals surface area (Å²) in [6, 6.07) is 0. The van der Waals surface area contributed by atoms with Gasteiger partial charge in [-0.05, 0) is 82.4 Å². The molecule has 3 N–H and O–H groups in total. The van der Waals surface area contributed by atoms with Gasteiger partial charge < -0.3 is 34.3 Å². The lowest BCUT2D eigenvalue weighted by atomic mass is 9.70. The van der Waals surface area contributed by atoms with Crippen LogP contribution in [0.25, 0.3) is 0 Å². The minimum absolute atomic E-state index is 0.0894. The number of fused-ring (bicyclic) bond motifs is 2. The van der Waals surface area contributed by atoms with E-state index in [-0.39, 0.29) is 30.5 Å². The minimum Gasteiger partial charge on any atom is -0.462 e. The fourth-order valence-electron chi connectivity index (χ4n) is 7.75. The van der Waals surface area contributed by atoms with Crippen molar-refractivity contribution >= 4 is 5.97 Å². The molecule has 0 radical (unpaired) electrons. The first-order chi connectivity index (χ1) is 20.3. The van der Waals surface area contributed by atoms with Gasteiger partial charge in [0.2, 0.25) is 0 Å². The first-order valence-corrected chi connectivity index (χ1v) is 15.9. The molecule has 0 aromatic heterocycles. The van der Waals surface area contributed by atoms with Crippen LogP contribution in [0.2, 0.25) is 0 Å². The van der Waals surface area contributed by atoms with E-state index in [4.69, 9.17) is 18.9 Å². The van der Waals surface area contributed by atoms with Gasteiger partial charge in [0.15, 0.2) is 5.79 Å². The van der Waals surface area contributed by atoms with Crippen LogP contribution in [0, 0.1) is 17.8 Å². The fourth-order valence-corrected chi connectivity index (χ4v) is 7.75. The molecule has 5 aliphatic rings. The SMILES string of the molecule is CC=C(C)C1OC2(CC3CC(CC=C(C)CC(C)C=CC=C4C(C)OC5C(O)C(C)=CC(C(=O)O3)C45O)O2)C(O)CC1C. The van der Waals surface area contributed by atoms with Gasteiger partial charge in [-0.3, -0.25) is 4.79 Å². The van der Waals surface area contributed by atoms with Crippen molar-refractivity contribution in [2.45, 2.75) is 135 Å². The van der Waals surface area contributed by atoms with E-state index in [1.807, 2.05) is 39.0 Å². The number of hydrogen-bond acceptors (Lipinski definition) is 8. The molecular formula is C35H50O8. The molecule has 8 heteroatoms. The van der Waals surface area contributed by atoms with Gasteiger partial charge in [0.1, 0.15) is 35.9 Å². The average molecular weight is 599 g/mol. The zero-order chi connectivity index (χ0) is 31.3. The quantitative estimate of drug-likeness (QED) is 0.290. The number of rotatable bonds is 1. The second kappa shape index (κ2) is 12.4. The smallest absolute Gasteiger partial charge is 0.316 e. The number of aliphatic hydroxyl groups excluding tert-OH is 2. The molecule has 2 bridgehead atoms. The Hall–Kier alpha value is -2.07. The number of carbonyl (C=O) groups is 1. The van der Waals surface area contributed by atoms with Gasteiger partial charge in [0.25, 0.3) is 0 Å². The lowest BCUT2D eigenvalue weighted by Crippen LogP contribution is -2.62. The normalized spacial score (nSPS) is 46.0. The Kier molecular flexibility index (Phi) is 9.30. The molecule has 5 rings (SSSR count). The van der Waals surface area contributed by atoms with E-state index in [1.54, 1.807) is 13.0 Å². The summed E-state index contributed by atoms with van der Waals surface area (Å²) in [4.78, 5) is 14.1. The van der Waals surface area contributed by atoms with Crippen LogP contribution < -0.4 is 0 Å². The van der Waals surface area contributed by atoms with Crippen molar-refractivity contribution in [1.29, 1.82) is 0 Å². The molecule has 1 spiro atoms. The number of carbonyl (C=O) groups excluding carboxylic acids is 1. The Labute approximate surface area is 256 Å². The summed E-state index contributed by atoms with van der Waals surface area (Å²) in [5, 5.41) is 34.7. The molecule has 0 saturated carbocycles. The van der Waals surface area contributed by atoms with Gasteiger partial charge >= 0.3 is 5.97 Å². The summed E-state index contributed by atoms with van der Waals surface area (Å²) >= 11 is 0. The van der Waals surface area contributed by atoms with Crippen LogP contribution in [0.3, 0.4) is 0 Å². The van der Waals surface area contributed by atoms with Crippen molar-refractivity contribution in [2.24, 2.45) is 17.8 Å². The van der Waals surface area contributed by atoms with E-state index < -0.39 is 53.8 Å². The predicted octanol–water partition coefficient (Wildman–Crippen LogP) is 4.84. The molecule has 43 heavy (non-hydrogen) atoms. The lowest BCUT2D eigenvalue weighted by Gasteiger charge is -2.52. The molecule has 3 saturated heterocycles. The lowest BCUT2D eigenvalue weighted by molar-refractivity contribution is -0.363. The number of ether oxygens (including phenoxy) is 4. The second-order valence-electron chi connectivity index (χ2n) is 13.7. The summed E-state index contributed by atoms with van der Waals surface area (Å²) in [6.07, 6.45) is 9.51. The third-order valence-corrected chi connectivity index (χ3v) is 10.2. The Morgan fingerprint density at radius 2 is 1.84 bits per heavy atom. The van der Waals surface area contributed by atoms with Crippen LogP contribution >= 0.6 is 0 Å². The average Bonchev–Trinajstić information content (AvgIpc) is 3.21. The zero-order valence-corrected chi connectivity index (χ0v) is 26.7. The van der Waals surface area contributed by atoms with E-state index >= 15 is 0 Å². The summed E-state index contributed by atoms with van der Waals surface area (Å²) in [5.41, 5.74) is 1.59. The van der Waals surface area contributed by atoms with Crippen molar-refractivity contribution in [3.05, 3.63) is 58.7 Å². The molecule has 3 fully saturated rings. The Balaban J connectivity index is 1.55. The maximum atomic E-state index is 14.1. The Bertz CT molecular complexity index is 1230. The van der Waals surface area contributed by atoms with Gasteiger partial charge in [-0.15, -0.1) is 0 Å². The van der Waals surface area contributed by atoms with Crippen LogP contribution in [0.15, 0.2) is 58.7 Å². The van der Waals surface area contributed by atoms with Crippen molar-refractivity contribution in [3.8, 4) is 0 Å². The molecule has 4 aliphatic heterocycles. The van der Waals surface area contributed by atoms with Crippen LogP contribution in [-0.2, 0) is 23.7 Å². The third-order valence-electron chi connectivity index (χ3n) is 10.2. The van der Waals surface area contributed by atoms with Gasteiger partial charge in [-0.25, -0.2) is 0 Å². The fraction of sp³-hybridized carbons (Fsp3) is 0.686.